The second-order valence-electron chi connectivity index (χ2n) is 7.12. The predicted molar refractivity (Wildman–Crippen MR) is 116 cm³/mol. The first-order valence-electron chi connectivity index (χ1n) is 9.50. The molecule has 0 radical (unpaired) electrons. The lowest BCUT2D eigenvalue weighted by Gasteiger charge is -2.13. The van der Waals surface area contributed by atoms with E-state index < -0.39 is 5.97 Å². The molecular formula is C22H25N3O4S. The van der Waals surface area contributed by atoms with Crippen LogP contribution in [0.2, 0.25) is 0 Å². The lowest BCUT2D eigenvalue weighted by atomic mass is 10.2. The van der Waals surface area contributed by atoms with E-state index in [4.69, 9.17) is 9.15 Å². The molecule has 2 heterocycles. The SMILES string of the molecule is COC(=O)c1cc(CN(C)Cc2csc(CC(=O)Nc3ccccc3C)n2)oc1C. The van der Waals surface area contributed by atoms with Crippen molar-refractivity contribution >= 4 is 28.9 Å². The van der Waals surface area contributed by atoms with Gasteiger partial charge in [-0.2, -0.15) is 0 Å². The number of methoxy groups -OCH3 is 1. The number of carbonyl (C=O) groups is 2. The highest BCUT2D eigenvalue weighted by molar-refractivity contribution is 7.09. The van der Waals surface area contributed by atoms with Gasteiger partial charge in [0.1, 0.15) is 22.1 Å². The summed E-state index contributed by atoms with van der Waals surface area (Å²) in [5.74, 6) is 0.738. The number of aromatic nitrogens is 1. The number of thiazole rings is 1. The molecule has 0 spiro atoms. The van der Waals surface area contributed by atoms with Gasteiger partial charge in [0, 0.05) is 17.6 Å². The number of carbonyl (C=O) groups excluding carboxylic acids is 2. The smallest absolute Gasteiger partial charge is 0.341 e. The maximum atomic E-state index is 12.3. The van der Waals surface area contributed by atoms with Crippen LogP contribution in [-0.4, -0.2) is 35.9 Å². The molecule has 0 atom stereocenters. The molecule has 2 aromatic heterocycles. The number of hydrogen-bond donors (Lipinski definition) is 1. The van der Waals surface area contributed by atoms with Crippen LogP contribution in [0, 0.1) is 13.8 Å². The average molecular weight is 428 g/mol. The predicted octanol–water partition coefficient (Wildman–Crippen LogP) is 3.95. The van der Waals surface area contributed by atoms with Gasteiger partial charge in [0.15, 0.2) is 0 Å². The Morgan fingerprint density at radius 3 is 2.73 bits per heavy atom. The second kappa shape index (κ2) is 9.69. The molecule has 1 aromatic carbocycles. The summed E-state index contributed by atoms with van der Waals surface area (Å²) in [6.45, 7) is 4.83. The summed E-state index contributed by atoms with van der Waals surface area (Å²) in [7, 11) is 3.29. The van der Waals surface area contributed by atoms with E-state index in [1.54, 1.807) is 13.0 Å². The van der Waals surface area contributed by atoms with Crippen molar-refractivity contribution in [2.45, 2.75) is 33.4 Å². The van der Waals surface area contributed by atoms with Crippen LogP contribution >= 0.6 is 11.3 Å². The van der Waals surface area contributed by atoms with Crippen LogP contribution in [-0.2, 0) is 29.0 Å². The van der Waals surface area contributed by atoms with Gasteiger partial charge in [0.25, 0.3) is 0 Å². The quantitative estimate of drug-likeness (QED) is 0.548. The molecule has 0 saturated carbocycles. The number of rotatable bonds is 8. The third-order valence-electron chi connectivity index (χ3n) is 4.56. The van der Waals surface area contributed by atoms with Crippen LogP contribution in [0.1, 0.15) is 38.1 Å². The maximum Gasteiger partial charge on any atom is 0.341 e. The molecule has 0 aliphatic heterocycles. The van der Waals surface area contributed by atoms with Crippen LogP contribution in [0.3, 0.4) is 0 Å². The molecule has 0 bridgehead atoms. The molecule has 0 unspecified atom stereocenters. The van der Waals surface area contributed by atoms with E-state index in [1.165, 1.54) is 18.4 Å². The molecule has 158 valence electrons. The van der Waals surface area contributed by atoms with Crippen molar-refractivity contribution in [2.75, 3.05) is 19.5 Å². The number of amides is 1. The first kappa shape index (κ1) is 21.7. The van der Waals surface area contributed by atoms with Crippen molar-refractivity contribution in [3.8, 4) is 0 Å². The zero-order valence-corrected chi connectivity index (χ0v) is 18.3. The molecule has 7 nitrogen and oxygen atoms in total. The number of aryl methyl sites for hydroxylation is 2. The summed E-state index contributed by atoms with van der Waals surface area (Å²) in [4.78, 5) is 30.6. The number of esters is 1. The molecule has 3 aromatic rings. The summed E-state index contributed by atoms with van der Waals surface area (Å²) in [5, 5.41) is 5.66. The molecule has 0 saturated heterocycles. The number of anilines is 1. The summed E-state index contributed by atoms with van der Waals surface area (Å²) < 4.78 is 10.4. The van der Waals surface area contributed by atoms with E-state index in [0.717, 1.165) is 22.0 Å². The van der Waals surface area contributed by atoms with Crippen LogP contribution in [0.5, 0.6) is 0 Å². The van der Waals surface area contributed by atoms with Crippen LogP contribution in [0.4, 0.5) is 5.69 Å². The topological polar surface area (TPSA) is 84.7 Å². The minimum atomic E-state index is -0.404. The van der Waals surface area contributed by atoms with Crippen molar-refractivity contribution in [1.29, 1.82) is 0 Å². The van der Waals surface area contributed by atoms with Gasteiger partial charge in [-0.3, -0.25) is 9.69 Å². The van der Waals surface area contributed by atoms with E-state index in [2.05, 4.69) is 10.3 Å². The number of ether oxygens (including phenoxy) is 1. The number of hydrogen-bond acceptors (Lipinski definition) is 7. The zero-order valence-electron chi connectivity index (χ0n) is 17.5. The molecule has 0 fully saturated rings. The molecule has 0 aliphatic rings. The van der Waals surface area contributed by atoms with Gasteiger partial charge < -0.3 is 14.5 Å². The highest BCUT2D eigenvalue weighted by Crippen LogP contribution is 2.19. The molecule has 1 N–H and O–H groups in total. The van der Waals surface area contributed by atoms with Gasteiger partial charge in [0.05, 0.1) is 25.8 Å². The van der Waals surface area contributed by atoms with Crippen molar-refractivity contribution in [3.63, 3.8) is 0 Å². The first-order valence-corrected chi connectivity index (χ1v) is 10.4. The van der Waals surface area contributed by atoms with Crippen LogP contribution in [0.15, 0.2) is 40.1 Å². The first-order chi connectivity index (χ1) is 14.4. The summed E-state index contributed by atoms with van der Waals surface area (Å²) in [6, 6.07) is 9.39. The van der Waals surface area contributed by atoms with E-state index in [-0.39, 0.29) is 12.3 Å². The third-order valence-corrected chi connectivity index (χ3v) is 5.46. The highest BCUT2D eigenvalue weighted by Gasteiger charge is 2.17. The van der Waals surface area contributed by atoms with Crippen molar-refractivity contribution < 1.29 is 18.7 Å². The summed E-state index contributed by atoms with van der Waals surface area (Å²) in [6.07, 6.45) is 0.239. The Balaban J connectivity index is 1.54. The Bertz CT molecular complexity index is 1040. The Kier molecular flexibility index (Phi) is 7.02. The number of benzene rings is 1. The summed E-state index contributed by atoms with van der Waals surface area (Å²) >= 11 is 1.47. The van der Waals surface area contributed by atoms with Gasteiger partial charge in [0.2, 0.25) is 5.91 Å². The Morgan fingerprint density at radius 1 is 1.23 bits per heavy atom. The number of para-hydroxylation sites is 1. The van der Waals surface area contributed by atoms with E-state index >= 15 is 0 Å². The molecular weight excluding hydrogens is 402 g/mol. The Labute approximate surface area is 179 Å². The largest absolute Gasteiger partial charge is 0.465 e. The van der Waals surface area contributed by atoms with E-state index in [9.17, 15) is 9.59 Å². The lowest BCUT2D eigenvalue weighted by molar-refractivity contribution is -0.115. The van der Waals surface area contributed by atoms with Gasteiger partial charge in [-0.05, 0) is 38.6 Å². The fraction of sp³-hybridized carbons (Fsp3) is 0.318. The van der Waals surface area contributed by atoms with Gasteiger partial charge in [-0.1, -0.05) is 18.2 Å². The molecule has 3 rings (SSSR count). The molecule has 0 aliphatic carbocycles. The fourth-order valence-corrected chi connectivity index (χ4v) is 3.86. The van der Waals surface area contributed by atoms with Crippen LogP contribution in [0.25, 0.3) is 0 Å². The van der Waals surface area contributed by atoms with Gasteiger partial charge >= 0.3 is 5.97 Å². The number of nitrogens with zero attached hydrogens (tertiary/aromatic N) is 2. The van der Waals surface area contributed by atoms with Gasteiger partial charge in [-0.15, -0.1) is 11.3 Å². The van der Waals surface area contributed by atoms with E-state index in [0.29, 0.717) is 30.2 Å². The molecule has 1 amide bonds. The third kappa shape index (κ3) is 5.55. The lowest BCUT2D eigenvalue weighted by Crippen LogP contribution is -2.17. The minimum Gasteiger partial charge on any atom is -0.465 e. The molecule has 8 heteroatoms. The van der Waals surface area contributed by atoms with Crippen molar-refractivity contribution in [2.24, 2.45) is 0 Å². The van der Waals surface area contributed by atoms with E-state index in [1.807, 2.05) is 48.5 Å². The molecule has 30 heavy (non-hydrogen) atoms. The highest BCUT2D eigenvalue weighted by atomic mass is 32.1. The fourth-order valence-electron chi connectivity index (χ4n) is 3.08. The van der Waals surface area contributed by atoms with Gasteiger partial charge in [-0.25, -0.2) is 9.78 Å². The Morgan fingerprint density at radius 2 is 2.00 bits per heavy atom. The maximum absolute atomic E-state index is 12.3. The second-order valence-corrected chi connectivity index (χ2v) is 8.06. The summed E-state index contributed by atoms with van der Waals surface area (Å²) in [5.41, 5.74) is 3.17. The number of nitrogens with one attached hydrogen (secondary N) is 1. The minimum absolute atomic E-state index is 0.0834. The monoisotopic (exact) mass is 427 g/mol. The Hall–Kier alpha value is -2.97. The normalized spacial score (nSPS) is 11.0. The average Bonchev–Trinajstić information content (AvgIpc) is 3.28. The van der Waals surface area contributed by atoms with Crippen molar-refractivity contribution in [3.05, 3.63) is 69.1 Å². The number of furan rings is 1. The van der Waals surface area contributed by atoms with Crippen molar-refractivity contribution in [1.82, 2.24) is 9.88 Å². The standard InChI is InChI=1S/C22H25N3O4S/c1-14-7-5-6-8-19(14)24-20(26)10-21-23-16(13-30-21)11-25(3)12-17-9-18(15(2)29-17)22(27)28-4/h5-9,13H,10-12H2,1-4H3,(H,24,26). The zero-order chi connectivity index (χ0) is 21.7. The van der Waals surface area contributed by atoms with Crippen LogP contribution < -0.4 is 5.32 Å².